The summed E-state index contributed by atoms with van der Waals surface area (Å²) in [5.74, 6) is 2.89. The molecular weight excluding hydrogens is 284 g/mol. The largest absolute Gasteiger partial charge is 0.326 e. The Morgan fingerprint density at radius 1 is 1.17 bits per heavy atom. The highest BCUT2D eigenvalue weighted by molar-refractivity contribution is 5.93. The summed E-state index contributed by atoms with van der Waals surface area (Å²) in [4.78, 5) is 12.0. The van der Waals surface area contributed by atoms with E-state index in [1.807, 2.05) is 12.1 Å². The Balaban J connectivity index is 1.26. The van der Waals surface area contributed by atoms with Gasteiger partial charge in [-0.2, -0.15) is 0 Å². The summed E-state index contributed by atoms with van der Waals surface area (Å²) in [5, 5.41) is 6.67. The molecule has 2 fully saturated rings. The second-order valence-corrected chi connectivity index (χ2v) is 7.49. The van der Waals surface area contributed by atoms with Gasteiger partial charge in [0.1, 0.15) is 0 Å². The molecule has 0 spiro atoms. The summed E-state index contributed by atoms with van der Waals surface area (Å²) in [6.45, 7) is 1.98. The molecule has 0 radical (unpaired) electrons. The first-order valence-corrected chi connectivity index (χ1v) is 9.07. The number of amides is 1. The van der Waals surface area contributed by atoms with Crippen molar-refractivity contribution in [1.82, 2.24) is 5.32 Å². The van der Waals surface area contributed by atoms with Gasteiger partial charge in [-0.15, -0.1) is 0 Å². The minimum Gasteiger partial charge on any atom is -0.326 e. The summed E-state index contributed by atoms with van der Waals surface area (Å²) >= 11 is 0. The lowest BCUT2D eigenvalue weighted by Crippen LogP contribution is -2.28. The monoisotopic (exact) mass is 310 g/mol. The van der Waals surface area contributed by atoms with Crippen LogP contribution < -0.4 is 10.6 Å². The van der Waals surface area contributed by atoms with Gasteiger partial charge in [0, 0.05) is 18.2 Å². The number of hydrogen-bond acceptors (Lipinski definition) is 2. The number of hydrogen-bond donors (Lipinski definition) is 2. The van der Waals surface area contributed by atoms with Crippen LogP contribution in [0.3, 0.4) is 0 Å². The van der Waals surface area contributed by atoms with E-state index in [2.05, 4.69) is 34.9 Å². The smallest absolute Gasteiger partial charge is 0.227 e. The molecule has 4 rings (SSSR count). The molecule has 0 aliphatic heterocycles. The van der Waals surface area contributed by atoms with E-state index < -0.39 is 0 Å². The third kappa shape index (κ3) is 3.35. The maximum absolute atomic E-state index is 12.0. The van der Waals surface area contributed by atoms with Gasteiger partial charge in [0.15, 0.2) is 0 Å². The van der Waals surface area contributed by atoms with Gasteiger partial charge in [-0.05, 0) is 67.7 Å². The molecule has 0 saturated heterocycles. The topological polar surface area (TPSA) is 41.1 Å². The average Bonchev–Trinajstić information content (AvgIpc) is 3.08. The SMILES string of the molecule is O=C(Nc1cccc(CNCC2CC3C=CC2C3)c1)C1CCC1. The number of fused-ring (bicyclic) bond motifs is 2. The minimum atomic E-state index is 0.190. The number of carbonyl (C=O) groups is 1. The second-order valence-electron chi connectivity index (χ2n) is 7.49. The summed E-state index contributed by atoms with van der Waals surface area (Å²) in [7, 11) is 0. The normalized spacial score (nSPS) is 28.8. The Hall–Kier alpha value is -1.61. The maximum atomic E-state index is 12.0. The lowest BCUT2D eigenvalue weighted by Gasteiger charge is -2.24. The number of carbonyl (C=O) groups excluding carboxylic acids is 1. The fourth-order valence-corrected chi connectivity index (χ4v) is 4.21. The number of allylic oxidation sites excluding steroid dienone is 2. The molecule has 1 aromatic rings. The zero-order valence-electron chi connectivity index (χ0n) is 13.6. The van der Waals surface area contributed by atoms with Crippen molar-refractivity contribution in [3.05, 3.63) is 42.0 Å². The van der Waals surface area contributed by atoms with E-state index in [0.717, 1.165) is 49.4 Å². The van der Waals surface area contributed by atoms with Crippen molar-refractivity contribution in [3.63, 3.8) is 0 Å². The zero-order valence-corrected chi connectivity index (χ0v) is 13.6. The fraction of sp³-hybridized carbons (Fsp3) is 0.550. The molecule has 23 heavy (non-hydrogen) atoms. The van der Waals surface area contributed by atoms with Crippen molar-refractivity contribution in [2.75, 3.05) is 11.9 Å². The molecule has 2 bridgehead atoms. The van der Waals surface area contributed by atoms with E-state index in [0.29, 0.717) is 0 Å². The number of benzene rings is 1. The van der Waals surface area contributed by atoms with Gasteiger partial charge in [-0.25, -0.2) is 0 Å². The van der Waals surface area contributed by atoms with Gasteiger partial charge in [0.2, 0.25) is 5.91 Å². The highest BCUT2D eigenvalue weighted by Crippen LogP contribution is 2.42. The number of rotatable bonds is 6. The molecule has 3 aliphatic rings. The third-order valence-electron chi connectivity index (χ3n) is 5.82. The molecule has 2 saturated carbocycles. The van der Waals surface area contributed by atoms with Crippen LogP contribution in [0.15, 0.2) is 36.4 Å². The minimum absolute atomic E-state index is 0.190. The van der Waals surface area contributed by atoms with E-state index in [1.165, 1.54) is 24.8 Å². The first-order chi connectivity index (χ1) is 11.3. The van der Waals surface area contributed by atoms with Crippen LogP contribution in [0.1, 0.15) is 37.7 Å². The average molecular weight is 310 g/mol. The van der Waals surface area contributed by atoms with Crippen LogP contribution in [-0.4, -0.2) is 12.5 Å². The Kier molecular flexibility index (Phi) is 4.21. The van der Waals surface area contributed by atoms with E-state index >= 15 is 0 Å². The van der Waals surface area contributed by atoms with Gasteiger partial charge in [0.25, 0.3) is 0 Å². The van der Waals surface area contributed by atoms with Crippen molar-refractivity contribution >= 4 is 11.6 Å². The lowest BCUT2D eigenvalue weighted by molar-refractivity contribution is -0.122. The van der Waals surface area contributed by atoms with Crippen LogP contribution in [0.4, 0.5) is 5.69 Å². The standard InChI is InChI=1S/C20H26N2O/c23-20(16-4-2-5-16)22-19-6-1-3-15(11-19)12-21-13-18-10-14-7-8-17(18)9-14/h1,3,6-8,11,14,16-18,21H,2,4-5,9-10,12-13H2,(H,22,23). The predicted molar refractivity (Wildman–Crippen MR) is 93.0 cm³/mol. The first kappa shape index (κ1) is 14.9. The Morgan fingerprint density at radius 2 is 2.09 bits per heavy atom. The van der Waals surface area contributed by atoms with Crippen LogP contribution in [0, 0.1) is 23.7 Å². The van der Waals surface area contributed by atoms with Gasteiger partial charge in [-0.1, -0.05) is 30.7 Å². The molecule has 3 atom stereocenters. The Morgan fingerprint density at radius 3 is 2.78 bits per heavy atom. The summed E-state index contributed by atoms with van der Waals surface area (Å²) in [6, 6.07) is 8.26. The molecule has 0 heterocycles. The Bertz CT molecular complexity index is 605. The van der Waals surface area contributed by atoms with Crippen molar-refractivity contribution in [3.8, 4) is 0 Å². The van der Waals surface area contributed by atoms with Gasteiger partial charge < -0.3 is 10.6 Å². The quantitative estimate of drug-likeness (QED) is 0.786. The highest BCUT2D eigenvalue weighted by Gasteiger charge is 2.34. The zero-order chi connectivity index (χ0) is 15.6. The van der Waals surface area contributed by atoms with Crippen LogP contribution in [-0.2, 0) is 11.3 Å². The molecule has 1 aromatic carbocycles. The van der Waals surface area contributed by atoms with Gasteiger partial charge in [-0.3, -0.25) is 4.79 Å². The molecule has 1 amide bonds. The summed E-state index contributed by atoms with van der Waals surface area (Å²) < 4.78 is 0. The molecule has 3 unspecified atom stereocenters. The van der Waals surface area contributed by atoms with Crippen molar-refractivity contribution < 1.29 is 4.79 Å². The van der Waals surface area contributed by atoms with E-state index in [4.69, 9.17) is 0 Å². The van der Waals surface area contributed by atoms with E-state index in [9.17, 15) is 4.79 Å². The molecule has 2 N–H and O–H groups in total. The fourth-order valence-electron chi connectivity index (χ4n) is 4.21. The van der Waals surface area contributed by atoms with Crippen LogP contribution in [0.25, 0.3) is 0 Å². The molecule has 3 aliphatic carbocycles. The van der Waals surface area contributed by atoms with Crippen molar-refractivity contribution in [2.24, 2.45) is 23.7 Å². The van der Waals surface area contributed by atoms with Crippen LogP contribution in [0.2, 0.25) is 0 Å². The molecule has 3 nitrogen and oxygen atoms in total. The number of nitrogens with one attached hydrogen (secondary N) is 2. The van der Waals surface area contributed by atoms with Gasteiger partial charge >= 0.3 is 0 Å². The summed E-state index contributed by atoms with van der Waals surface area (Å²) in [6.07, 6.45) is 10.8. The predicted octanol–water partition coefficient (Wildman–Crippen LogP) is 3.73. The third-order valence-corrected chi connectivity index (χ3v) is 5.82. The summed E-state index contributed by atoms with van der Waals surface area (Å²) in [5.41, 5.74) is 2.18. The van der Waals surface area contributed by atoms with Gasteiger partial charge in [0.05, 0.1) is 0 Å². The van der Waals surface area contributed by atoms with E-state index in [-0.39, 0.29) is 11.8 Å². The highest BCUT2D eigenvalue weighted by atomic mass is 16.1. The molecular formula is C20H26N2O. The Labute approximate surface area is 138 Å². The van der Waals surface area contributed by atoms with E-state index in [1.54, 1.807) is 0 Å². The van der Waals surface area contributed by atoms with Crippen molar-refractivity contribution in [2.45, 2.75) is 38.6 Å². The second kappa shape index (κ2) is 6.48. The first-order valence-electron chi connectivity index (χ1n) is 9.07. The van der Waals surface area contributed by atoms with Crippen LogP contribution in [0.5, 0.6) is 0 Å². The van der Waals surface area contributed by atoms with Crippen molar-refractivity contribution in [1.29, 1.82) is 0 Å². The van der Waals surface area contributed by atoms with Crippen LogP contribution >= 0.6 is 0 Å². The number of anilines is 1. The molecule has 122 valence electrons. The molecule has 3 heteroatoms. The maximum Gasteiger partial charge on any atom is 0.227 e. The molecule has 0 aromatic heterocycles. The lowest BCUT2D eigenvalue weighted by atomic mass is 9.85.